The molecule has 1 aliphatic carbocycles. The van der Waals surface area contributed by atoms with E-state index >= 15 is 0 Å². The number of rotatable bonds is 2. The molecular formula is C14H14O2. The third kappa shape index (κ3) is 2.89. The van der Waals surface area contributed by atoms with Crippen LogP contribution in [-0.4, -0.2) is 11.6 Å². The van der Waals surface area contributed by atoms with Crippen LogP contribution in [0.5, 0.6) is 0 Å². The van der Waals surface area contributed by atoms with Gasteiger partial charge in [-0.05, 0) is 11.5 Å². The van der Waals surface area contributed by atoms with Gasteiger partial charge in [0.1, 0.15) is 11.6 Å². The molecule has 82 valence electrons. The second kappa shape index (κ2) is 4.88. The summed E-state index contributed by atoms with van der Waals surface area (Å²) in [7, 11) is 0. The van der Waals surface area contributed by atoms with Crippen LogP contribution in [0.15, 0.2) is 36.4 Å². The van der Waals surface area contributed by atoms with E-state index in [4.69, 9.17) is 0 Å². The first-order valence-corrected chi connectivity index (χ1v) is 5.50. The molecule has 16 heavy (non-hydrogen) atoms. The van der Waals surface area contributed by atoms with E-state index in [2.05, 4.69) is 0 Å². The van der Waals surface area contributed by atoms with Crippen molar-refractivity contribution in [2.24, 2.45) is 5.92 Å². The van der Waals surface area contributed by atoms with Crippen LogP contribution in [0.25, 0.3) is 6.08 Å². The first kappa shape index (κ1) is 10.8. The Balaban J connectivity index is 2.02. The molecule has 0 spiro atoms. The van der Waals surface area contributed by atoms with Crippen LogP contribution in [-0.2, 0) is 9.59 Å². The Hall–Kier alpha value is -1.70. The van der Waals surface area contributed by atoms with Crippen molar-refractivity contribution in [3.05, 3.63) is 42.0 Å². The summed E-state index contributed by atoms with van der Waals surface area (Å²) >= 11 is 0. The maximum Gasteiger partial charge on any atom is 0.140 e. The normalized spacial score (nSPS) is 18.2. The van der Waals surface area contributed by atoms with E-state index in [-0.39, 0.29) is 23.9 Å². The van der Waals surface area contributed by atoms with Gasteiger partial charge in [0, 0.05) is 12.8 Å². The van der Waals surface area contributed by atoms with E-state index in [9.17, 15) is 9.59 Å². The molecule has 0 N–H and O–H groups in total. The van der Waals surface area contributed by atoms with Crippen LogP contribution in [0, 0.1) is 5.92 Å². The van der Waals surface area contributed by atoms with Crippen LogP contribution >= 0.6 is 0 Å². The SMILES string of the molecule is O=C1CC(=O)CC(/C=C/c2ccccc2)C1. The van der Waals surface area contributed by atoms with E-state index in [1.807, 2.05) is 42.5 Å². The Labute approximate surface area is 95.0 Å². The van der Waals surface area contributed by atoms with Crippen molar-refractivity contribution < 1.29 is 9.59 Å². The quantitative estimate of drug-likeness (QED) is 0.709. The van der Waals surface area contributed by atoms with Gasteiger partial charge in [0.2, 0.25) is 0 Å². The number of hydrogen-bond acceptors (Lipinski definition) is 2. The van der Waals surface area contributed by atoms with Gasteiger partial charge in [-0.15, -0.1) is 0 Å². The van der Waals surface area contributed by atoms with Gasteiger partial charge in [-0.3, -0.25) is 9.59 Å². The van der Waals surface area contributed by atoms with Crippen molar-refractivity contribution in [3.63, 3.8) is 0 Å². The predicted molar refractivity (Wildman–Crippen MR) is 62.8 cm³/mol. The van der Waals surface area contributed by atoms with Crippen molar-refractivity contribution in [1.82, 2.24) is 0 Å². The number of ketones is 2. The minimum atomic E-state index is 0.0685. The van der Waals surface area contributed by atoms with Gasteiger partial charge in [0.05, 0.1) is 6.42 Å². The topological polar surface area (TPSA) is 34.1 Å². The third-order valence-electron chi connectivity index (χ3n) is 2.73. The molecule has 1 saturated carbocycles. The molecular weight excluding hydrogens is 200 g/mol. The highest BCUT2D eigenvalue weighted by atomic mass is 16.1. The molecule has 0 heterocycles. The molecule has 0 aliphatic heterocycles. The summed E-state index contributed by atoms with van der Waals surface area (Å²) in [6.07, 6.45) is 5.11. The highest BCUT2D eigenvalue weighted by Gasteiger charge is 2.23. The molecule has 2 nitrogen and oxygen atoms in total. The number of carbonyl (C=O) groups is 2. The maximum absolute atomic E-state index is 11.2. The van der Waals surface area contributed by atoms with Crippen LogP contribution in [0.1, 0.15) is 24.8 Å². The van der Waals surface area contributed by atoms with Gasteiger partial charge >= 0.3 is 0 Å². The fourth-order valence-electron chi connectivity index (χ4n) is 1.97. The van der Waals surface area contributed by atoms with Crippen molar-refractivity contribution in [2.45, 2.75) is 19.3 Å². The summed E-state index contributed by atoms with van der Waals surface area (Å²) in [5, 5.41) is 0. The first-order chi connectivity index (χ1) is 7.74. The number of hydrogen-bond donors (Lipinski definition) is 0. The molecule has 0 bridgehead atoms. The summed E-state index contributed by atoms with van der Waals surface area (Å²) in [6.45, 7) is 0. The minimum absolute atomic E-state index is 0.0685. The minimum Gasteiger partial charge on any atom is -0.299 e. The van der Waals surface area contributed by atoms with Crippen LogP contribution < -0.4 is 0 Å². The first-order valence-electron chi connectivity index (χ1n) is 5.50. The van der Waals surface area contributed by atoms with E-state index in [1.54, 1.807) is 0 Å². The molecule has 2 heteroatoms. The zero-order valence-corrected chi connectivity index (χ0v) is 9.06. The fourth-order valence-corrected chi connectivity index (χ4v) is 1.97. The summed E-state index contributed by atoms with van der Waals surface area (Å²) in [5.74, 6) is 0.229. The van der Waals surface area contributed by atoms with Crippen LogP contribution in [0.3, 0.4) is 0 Å². The Morgan fingerprint density at radius 2 is 1.62 bits per heavy atom. The second-order valence-corrected chi connectivity index (χ2v) is 4.19. The molecule has 1 fully saturated rings. The lowest BCUT2D eigenvalue weighted by Gasteiger charge is -2.15. The molecule has 0 unspecified atom stereocenters. The zero-order chi connectivity index (χ0) is 11.4. The van der Waals surface area contributed by atoms with Crippen molar-refractivity contribution in [3.8, 4) is 0 Å². The summed E-state index contributed by atoms with van der Waals surface area (Å²) in [4.78, 5) is 22.5. The zero-order valence-electron chi connectivity index (χ0n) is 9.06. The molecule has 0 radical (unpaired) electrons. The van der Waals surface area contributed by atoms with E-state index in [0.717, 1.165) is 5.56 Å². The van der Waals surface area contributed by atoms with Gasteiger partial charge in [-0.1, -0.05) is 42.5 Å². The van der Waals surface area contributed by atoms with Gasteiger partial charge in [-0.25, -0.2) is 0 Å². The van der Waals surface area contributed by atoms with Crippen molar-refractivity contribution in [1.29, 1.82) is 0 Å². The number of benzene rings is 1. The molecule has 0 atom stereocenters. The molecule has 0 saturated heterocycles. The number of carbonyl (C=O) groups excluding carboxylic acids is 2. The highest BCUT2D eigenvalue weighted by Crippen LogP contribution is 2.20. The lowest BCUT2D eigenvalue weighted by molar-refractivity contribution is -0.130. The van der Waals surface area contributed by atoms with Crippen LogP contribution in [0.4, 0.5) is 0 Å². The van der Waals surface area contributed by atoms with Gasteiger partial charge in [0.15, 0.2) is 0 Å². The number of Topliss-reactive ketones (excluding diaryl/α,β-unsaturated/α-hetero) is 2. The number of allylic oxidation sites excluding steroid dienone is 1. The van der Waals surface area contributed by atoms with Gasteiger partial charge in [-0.2, -0.15) is 0 Å². The monoisotopic (exact) mass is 214 g/mol. The Morgan fingerprint density at radius 1 is 1.00 bits per heavy atom. The van der Waals surface area contributed by atoms with E-state index < -0.39 is 0 Å². The predicted octanol–water partition coefficient (Wildman–Crippen LogP) is 2.64. The van der Waals surface area contributed by atoms with Gasteiger partial charge < -0.3 is 0 Å². The van der Waals surface area contributed by atoms with Crippen molar-refractivity contribution in [2.75, 3.05) is 0 Å². The molecule has 2 rings (SSSR count). The lowest BCUT2D eigenvalue weighted by Crippen LogP contribution is -2.21. The van der Waals surface area contributed by atoms with Gasteiger partial charge in [0.25, 0.3) is 0 Å². The standard InChI is InChI=1S/C14H14O2/c15-13-8-12(9-14(16)10-13)7-6-11-4-2-1-3-5-11/h1-7,12H,8-10H2/b7-6+. The second-order valence-electron chi connectivity index (χ2n) is 4.19. The van der Waals surface area contributed by atoms with Crippen LogP contribution in [0.2, 0.25) is 0 Å². The average Bonchev–Trinajstić information content (AvgIpc) is 2.27. The fraction of sp³-hybridized carbons (Fsp3) is 0.286. The smallest absolute Gasteiger partial charge is 0.140 e. The summed E-state index contributed by atoms with van der Waals surface area (Å²) in [5.41, 5.74) is 1.10. The molecule has 1 aliphatic rings. The molecule has 0 amide bonds. The average molecular weight is 214 g/mol. The molecule has 1 aromatic carbocycles. The lowest BCUT2D eigenvalue weighted by atomic mass is 9.87. The molecule has 0 aromatic heterocycles. The summed E-state index contributed by atoms with van der Waals surface area (Å²) < 4.78 is 0. The van der Waals surface area contributed by atoms with Crippen molar-refractivity contribution >= 4 is 17.6 Å². The van der Waals surface area contributed by atoms with E-state index in [0.29, 0.717) is 12.8 Å². The Morgan fingerprint density at radius 3 is 2.25 bits per heavy atom. The summed E-state index contributed by atoms with van der Waals surface area (Å²) in [6, 6.07) is 9.91. The largest absolute Gasteiger partial charge is 0.299 e. The highest BCUT2D eigenvalue weighted by molar-refractivity contribution is 6.01. The third-order valence-corrected chi connectivity index (χ3v) is 2.73. The maximum atomic E-state index is 11.2. The molecule has 1 aromatic rings. The Kier molecular flexibility index (Phi) is 3.30. The van der Waals surface area contributed by atoms with E-state index in [1.165, 1.54) is 0 Å². The Bertz CT molecular complexity index is 402.